The molecule has 1 aromatic carbocycles. The summed E-state index contributed by atoms with van der Waals surface area (Å²) in [6, 6.07) is 9.40. The van der Waals surface area contributed by atoms with Gasteiger partial charge in [0, 0.05) is 23.4 Å². The Labute approximate surface area is 149 Å². The molecule has 3 rings (SSSR count). The fraction of sp³-hybridized carbons (Fsp3) is 0.0667. The second-order valence-corrected chi connectivity index (χ2v) is 5.54. The summed E-state index contributed by atoms with van der Waals surface area (Å²) in [6.45, 7) is 0. The van der Waals surface area contributed by atoms with Gasteiger partial charge in [0.2, 0.25) is 5.13 Å². The number of aromatic nitrogens is 3. The number of nitrogens with one attached hydrogen (secondary N) is 2. The SMILES string of the molecule is O=C(Nc1ccc(OC(F)(F)F)cc1)Nc1nc(-c2ccccn2)ns1. The van der Waals surface area contributed by atoms with Crippen molar-refractivity contribution in [3.63, 3.8) is 0 Å². The maximum atomic E-state index is 12.1. The normalized spacial score (nSPS) is 11.0. The van der Waals surface area contributed by atoms with Gasteiger partial charge in [-0.25, -0.2) is 4.79 Å². The number of anilines is 2. The van der Waals surface area contributed by atoms with Crippen molar-refractivity contribution >= 4 is 28.4 Å². The number of ether oxygens (including phenoxy) is 1. The average Bonchev–Trinajstić information content (AvgIpc) is 3.04. The number of halogens is 3. The third kappa shape index (κ3) is 4.89. The molecule has 7 nitrogen and oxygen atoms in total. The second-order valence-electron chi connectivity index (χ2n) is 4.79. The molecule has 0 spiro atoms. The molecule has 0 aliphatic rings. The van der Waals surface area contributed by atoms with Crippen molar-refractivity contribution < 1.29 is 22.7 Å². The predicted octanol–water partition coefficient (Wildman–Crippen LogP) is 4.14. The molecule has 0 atom stereocenters. The van der Waals surface area contributed by atoms with Gasteiger partial charge in [0.25, 0.3) is 0 Å². The number of urea groups is 1. The van der Waals surface area contributed by atoms with E-state index in [4.69, 9.17) is 0 Å². The molecule has 0 radical (unpaired) electrons. The summed E-state index contributed by atoms with van der Waals surface area (Å²) in [7, 11) is 0. The van der Waals surface area contributed by atoms with Crippen LogP contribution < -0.4 is 15.4 Å². The van der Waals surface area contributed by atoms with Crippen molar-refractivity contribution in [1.29, 1.82) is 0 Å². The maximum absolute atomic E-state index is 12.1. The van der Waals surface area contributed by atoms with E-state index in [0.717, 1.165) is 23.7 Å². The smallest absolute Gasteiger partial charge is 0.406 e. The topological polar surface area (TPSA) is 89.0 Å². The third-order valence-electron chi connectivity index (χ3n) is 2.89. The van der Waals surface area contributed by atoms with E-state index in [1.807, 2.05) is 0 Å². The number of carbonyl (C=O) groups is 1. The first-order valence-corrected chi connectivity index (χ1v) is 7.85. The molecular formula is C15H10F3N5O2S. The molecule has 3 aromatic rings. The summed E-state index contributed by atoms with van der Waals surface area (Å²) in [5.41, 5.74) is 0.851. The predicted molar refractivity (Wildman–Crippen MR) is 88.9 cm³/mol. The number of hydrogen-bond acceptors (Lipinski definition) is 6. The summed E-state index contributed by atoms with van der Waals surface area (Å²) in [6.07, 6.45) is -3.17. The molecule has 2 heterocycles. The van der Waals surface area contributed by atoms with Gasteiger partial charge in [-0.3, -0.25) is 10.3 Å². The van der Waals surface area contributed by atoms with Gasteiger partial charge in [0.15, 0.2) is 5.82 Å². The fourth-order valence-corrected chi connectivity index (χ4v) is 2.45. The molecule has 134 valence electrons. The molecular weight excluding hydrogens is 371 g/mol. The van der Waals surface area contributed by atoms with E-state index in [9.17, 15) is 18.0 Å². The standard InChI is InChI=1S/C15H10F3N5O2S/c16-15(17,18)25-10-6-4-9(5-7-10)20-13(24)22-14-21-12(23-26-14)11-3-1-2-8-19-11/h1-8H,(H2,20,21,22,23,24). The molecule has 11 heteroatoms. The van der Waals surface area contributed by atoms with Crippen LogP contribution in [0, 0.1) is 0 Å². The van der Waals surface area contributed by atoms with E-state index in [2.05, 4.69) is 29.7 Å². The van der Waals surface area contributed by atoms with Crippen LogP contribution in [0.3, 0.4) is 0 Å². The van der Waals surface area contributed by atoms with Gasteiger partial charge >= 0.3 is 12.4 Å². The molecule has 0 saturated heterocycles. The summed E-state index contributed by atoms with van der Waals surface area (Å²) in [5, 5.41) is 5.21. The van der Waals surface area contributed by atoms with E-state index < -0.39 is 12.4 Å². The third-order valence-corrected chi connectivity index (χ3v) is 3.52. The van der Waals surface area contributed by atoms with Crippen LogP contribution in [0.4, 0.5) is 28.8 Å². The molecule has 2 aromatic heterocycles. The summed E-state index contributed by atoms with van der Waals surface area (Å²) < 4.78 is 44.1. The minimum Gasteiger partial charge on any atom is -0.406 e. The lowest BCUT2D eigenvalue weighted by molar-refractivity contribution is -0.274. The Bertz CT molecular complexity index is 884. The minimum atomic E-state index is -4.77. The molecule has 2 amide bonds. The van der Waals surface area contributed by atoms with Gasteiger partial charge in [-0.2, -0.15) is 9.36 Å². The maximum Gasteiger partial charge on any atom is 0.573 e. The summed E-state index contributed by atoms with van der Waals surface area (Å²) in [5.74, 6) is -0.00728. The van der Waals surface area contributed by atoms with Crippen LogP contribution in [0.15, 0.2) is 48.7 Å². The molecule has 0 saturated carbocycles. The number of alkyl halides is 3. The van der Waals surface area contributed by atoms with E-state index >= 15 is 0 Å². The monoisotopic (exact) mass is 381 g/mol. The Morgan fingerprint density at radius 1 is 1.08 bits per heavy atom. The van der Waals surface area contributed by atoms with Crippen LogP contribution in [0.5, 0.6) is 5.75 Å². The van der Waals surface area contributed by atoms with Gasteiger partial charge in [-0.05, 0) is 36.4 Å². The first-order chi connectivity index (χ1) is 12.4. The number of amides is 2. The van der Waals surface area contributed by atoms with Gasteiger partial charge in [-0.15, -0.1) is 13.2 Å². The quantitative estimate of drug-likeness (QED) is 0.709. The van der Waals surface area contributed by atoms with Crippen molar-refractivity contribution in [2.24, 2.45) is 0 Å². The van der Waals surface area contributed by atoms with Crippen LogP contribution in [0.25, 0.3) is 11.5 Å². The summed E-state index contributed by atoms with van der Waals surface area (Å²) in [4.78, 5) is 20.2. The largest absolute Gasteiger partial charge is 0.573 e. The zero-order valence-corrected chi connectivity index (χ0v) is 13.6. The van der Waals surface area contributed by atoms with Crippen LogP contribution in [-0.2, 0) is 0 Å². The van der Waals surface area contributed by atoms with Crippen molar-refractivity contribution in [3.05, 3.63) is 48.7 Å². The lowest BCUT2D eigenvalue weighted by Gasteiger charge is -2.09. The van der Waals surface area contributed by atoms with E-state index in [1.165, 1.54) is 12.1 Å². The zero-order chi connectivity index (χ0) is 18.6. The molecule has 0 bridgehead atoms. The fourth-order valence-electron chi connectivity index (χ4n) is 1.87. The minimum absolute atomic E-state index is 0.250. The highest BCUT2D eigenvalue weighted by molar-refractivity contribution is 7.10. The number of rotatable bonds is 4. The lowest BCUT2D eigenvalue weighted by atomic mass is 10.3. The number of pyridine rings is 1. The highest BCUT2D eigenvalue weighted by Gasteiger charge is 2.30. The highest BCUT2D eigenvalue weighted by Crippen LogP contribution is 2.24. The Balaban J connectivity index is 1.58. The molecule has 0 unspecified atom stereocenters. The zero-order valence-electron chi connectivity index (χ0n) is 12.8. The molecule has 0 fully saturated rings. The van der Waals surface area contributed by atoms with E-state index in [-0.39, 0.29) is 16.6 Å². The van der Waals surface area contributed by atoms with Crippen molar-refractivity contribution in [2.75, 3.05) is 10.6 Å². The Morgan fingerprint density at radius 3 is 2.50 bits per heavy atom. The number of benzene rings is 1. The summed E-state index contributed by atoms with van der Waals surface area (Å²) >= 11 is 0.974. The number of hydrogen-bond donors (Lipinski definition) is 2. The lowest BCUT2D eigenvalue weighted by Crippen LogP contribution is -2.19. The van der Waals surface area contributed by atoms with E-state index in [0.29, 0.717) is 11.5 Å². The first-order valence-electron chi connectivity index (χ1n) is 7.08. The van der Waals surface area contributed by atoms with Gasteiger partial charge in [0.05, 0.1) is 0 Å². The highest BCUT2D eigenvalue weighted by atomic mass is 32.1. The van der Waals surface area contributed by atoms with Gasteiger partial charge in [0.1, 0.15) is 11.4 Å². The first kappa shape index (κ1) is 17.6. The average molecular weight is 381 g/mol. The molecule has 0 aliphatic carbocycles. The van der Waals surface area contributed by atoms with Crippen LogP contribution in [-0.4, -0.2) is 26.7 Å². The number of carbonyl (C=O) groups excluding carboxylic acids is 1. The van der Waals surface area contributed by atoms with Crippen LogP contribution in [0.1, 0.15) is 0 Å². The Morgan fingerprint density at radius 2 is 1.85 bits per heavy atom. The van der Waals surface area contributed by atoms with Crippen molar-refractivity contribution in [1.82, 2.24) is 14.3 Å². The van der Waals surface area contributed by atoms with Crippen LogP contribution in [0.2, 0.25) is 0 Å². The van der Waals surface area contributed by atoms with Crippen molar-refractivity contribution in [3.8, 4) is 17.3 Å². The molecule has 26 heavy (non-hydrogen) atoms. The number of nitrogens with zero attached hydrogens (tertiary/aromatic N) is 3. The van der Waals surface area contributed by atoms with Gasteiger partial charge in [-0.1, -0.05) is 6.07 Å². The van der Waals surface area contributed by atoms with Crippen LogP contribution >= 0.6 is 11.5 Å². The van der Waals surface area contributed by atoms with E-state index in [1.54, 1.807) is 24.4 Å². The Kier molecular flexibility index (Phi) is 4.98. The Hall–Kier alpha value is -3.21. The second kappa shape index (κ2) is 7.35. The molecule has 0 aliphatic heterocycles. The molecule has 2 N–H and O–H groups in total. The van der Waals surface area contributed by atoms with Crippen molar-refractivity contribution in [2.45, 2.75) is 6.36 Å². The van der Waals surface area contributed by atoms with Gasteiger partial charge < -0.3 is 10.1 Å².